The maximum atomic E-state index is 5.56. The summed E-state index contributed by atoms with van der Waals surface area (Å²) in [7, 11) is 0. The lowest BCUT2D eigenvalue weighted by Gasteiger charge is -2.02. The maximum absolute atomic E-state index is 5.56. The van der Waals surface area contributed by atoms with E-state index in [1.165, 1.54) is 45.2 Å². The number of rotatable bonds is 9. The number of unbranched alkanes of at least 4 members (excludes halogenated alkanes) is 4. The van der Waals surface area contributed by atoms with E-state index < -0.39 is 0 Å². The van der Waals surface area contributed by atoms with Crippen molar-refractivity contribution in [2.24, 2.45) is 0 Å². The van der Waals surface area contributed by atoms with Gasteiger partial charge in [0.1, 0.15) is 0 Å². The van der Waals surface area contributed by atoms with Gasteiger partial charge in [0.15, 0.2) is 0 Å². The molecular formula is C10H23Cl2N. The first-order chi connectivity index (χ1) is 5.91. The molecule has 82 valence electrons. The van der Waals surface area contributed by atoms with Crippen molar-refractivity contribution in [3.8, 4) is 0 Å². The van der Waals surface area contributed by atoms with Crippen molar-refractivity contribution in [1.29, 1.82) is 0 Å². The topological polar surface area (TPSA) is 12.0 Å². The van der Waals surface area contributed by atoms with Crippen LogP contribution in [0.1, 0.15) is 45.4 Å². The highest BCUT2D eigenvalue weighted by molar-refractivity contribution is 6.17. The van der Waals surface area contributed by atoms with E-state index in [1.807, 2.05) is 0 Å². The van der Waals surface area contributed by atoms with Gasteiger partial charge in [-0.25, -0.2) is 0 Å². The summed E-state index contributed by atoms with van der Waals surface area (Å²) in [6.07, 6.45) is 7.70. The third kappa shape index (κ3) is 15.3. The highest BCUT2D eigenvalue weighted by Gasteiger charge is 1.88. The van der Waals surface area contributed by atoms with Crippen molar-refractivity contribution in [3.05, 3.63) is 0 Å². The van der Waals surface area contributed by atoms with Gasteiger partial charge in [0.25, 0.3) is 0 Å². The Labute approximate surface area is 94.0 Å². The van der Waals surface area contributed by atoms with Gasteiger partial charge in [-0.2, -0.15) is 0 Å². The minimum atomic E-state index is 0. The Morgan fingerprint density at radius 3 is 2.08 bits per heavy atom. The maximum Gasteiger partial charge on any atom is 0.0223 e. The first kappa shape index (κ1) is 16.0. The van der Waals surface area contributed by atoms with Gasteiger partial charge in [-0.05, 0) is 32.4 Å². The predicted molar refractivity (Wildman–Crippen MR) is 64.2 cm³/mol. The number of hydrogen-bond acceptors (Lipinski definition) is 1. The summed E-state index contributed by atoms with van der Waals surface area (Å²) in [6.45, 7) is 4.59. The van der Waals surface area contributed by atoms with E-state index in [9.17, 15) is 0 Å². The Morgan fingerprint density at radius 1 is 0.923 bits per heavy atom. The zero-order valence-electron chi connectivity index (χ0n) is 8.65. The molecule has 0 aliphatic carbocycles. The fourth-order valence-electron chi connectivity index (χ4n) is 1.15. The summed E-state index contributed by atoms with van der Waals surface area (Å²) in [5, 5.41) is 3.44. The molecule has 3 heteroatoms. The predicted octanol–water partition coefficient (Wildman–Crippen LogP) is 3.60. The molecule has 0 heterocycles. The van der Waals surface area contributed by atoms with E-state index in [2.05, 4.69) is 12.2 Å². The van der Waals surface area contributed by atoms with Gasteiger partial charge in [-0.1, -0.05) is 26.2 Å². The molecule has 0 aromatic rings. The Bertz CT molecular complexity index is 69.3. The van der Waals surface area contributed by atoms with Crippen LogP contribution in [0.25, 0.3) is 0 Å². The molecule has 1 N–H and O–H groups in total. The van der Waals surface area contributed by atoms with Crippen LogP contribution in [0.4, 0.5) is 0 Å². The highest BCUT2D eigenvalue weighted by atomic mass is 35.5. The van der Waals surface area contributed by atoms with Crippen LogP contribution in [0, 0.1) is 0 Å². The summed E-state index contributed by atoms with van der Waals surface area (Å²) in [6, 6.07) is 0. The lowest BCUT2D eigenvalue weighted by Crippen LogP contribution is -2.16. The van der Waals surface area contributed by atoms with Gasteiger partial charge in [-0.3, -0.25) is 0 Å². The van der Waals surface area contributed by atoms with E-state index in [4.69, 9.17) is 11.6 Å². The zero-order valence-corrected chi connectivity index (χ0v) is 10.2. The first-order valence-corrected chi connectivity index (χ1v) is 5.72. The Morgan fingerprint density at radius 2 is 1.54 bits per heavy atom. The fraction of sp³-hybridized carbons (Fsp3) is 1.00. The quantitative estimate of drug-likeness (QED) is 0.469. The highest BCUT2D eigenvalue weighted by Crippen LogP contribution is 1.96. The summed E-state index contributed by atoms with van der Waals surface area (Å²) in [5.41, 5.74) is 0. The smallest absolute Gasteiger partial charge is 0.0223 e. The van der Waals surface area contributed by atoms with Crippen molar-refractivity contribution in [2.75, 3.05) is 19.0 Å². The van der Waals surface area contributed by atoms with E-state index in [1.54, 1.807) is 0 Å². The van der Waals surface area contributed by atoms with Crippen LogP contribution in [0.5, 0.6) is 0 Å². The molecule has 0 rings (SSSR count). The van der Waals surface area contributed by atoms with Crippen LogP contribution >= 0.6 is 24.0 Å². The molecule has 0 aromatic heterocycles. The van der Waals surface area contributed by atoms with Gasteiger partial charge in [0, 0.05) is 5.88 Å². The van der Waals surface area contributed by atoms with Gasteiger partial charge in [-0.15, -0.1) is 24.0 Å². The van der Waals surface area contributed by atoms with Crippen LogP contribution in [0.3, 0.4) is 0 Å². The second-order valence-electron chi connectivity index (χ2n) is 3.21. The fourth-order valence-corrected chi connectivity index (χ4v) is 1.34. The van der Waals surface area contributed by atoms with Gasteiger partial charge >= 0.3 is 0 Å². The minimum absolute atomic E-state index is 0. The average Bonchev–Trinajstić information content (AvgIpc) is 2.10. The molecule has 0 saturated heterocycles. The normalized spacial score (nSPS) is 9.69. The van der Waals surface area contributed by atoms with E-state index in [-0.39, 0.29) is 12.4 Å². The van der Waals surface area contributed by atoms with Crippen molar-refractivity contribution in [2.45, 2.75) is 45.4 Å². The Balaban J connectivity index is 0. The van der Waals surface area contributed by atoms with Gasteiger partial charge < -0.3 is 5.32 Å². The molecule has 0 unspecified atom stereocenters. The second-order valence-corrected chi connectivity index (χ2v) is 3.58. The minimum Gasteiger partial charge on any atom is -0.317 e. The van der Waals surface area contributed by atoms with Crippen LogP contribution in [-0.2, 0) is 0 Å². The van der Waals surface area contributed by atoms with Crippen molar-refractivity contribution in [3.63, 3.8) is 0 Å². The van der Waals surface area contributed by atoms with Crippen molar-refractivity contribution >= 4 is 24.0 Å². The molecule has 0 aliphatic heterocycles. The molecule has 1 nitrogen and oxygen atoms in total. The number of alkyl halides is 1. The molecule has 0 fully saturated rings. The molecule has 0 radical (unpaired) electrons. The van der Waals surface area contributed by atoms with Gasteiger partial charge in [0.05, 0.1) is 0 Å². The van der Waals surface area contributed by atoms with E-state index in [0.29, 0.717) is 0 Å². The van der Waals surface area contributed by atoms with Crippen LogP contribution < -0.4 is 5.32 Å². The summed E-state index contributed by atoms with van der Waals surface area (Å²) in [4.78, 5) is 0. The van der Waals surface area contributed by atoms with Crippen LogP contribution in [0.2, 0.25) is 0 Å². The number of hydrogen-bond donors (Lipinski definition) is 1. The second kappa shape index (κ2) is 15.0. The van der Waals surface area contributed by atoms with Crippen LogP contribution in [-0.4, -0.2) is 19.0 Å². The summed E-state index contributed by atoms with van der Waals surface area (Å²) < 4.78 is 0. The first-order valence-electron chi connectivity index (χ1n) is 5.18. The standard InChI is InChI=1S/C10H22ClN.ClH/c1-2-3-6-9-12-10-7-4-5-8-11;/h12H,2-10H2,1H3;1H. The van der Waals surface area contributed by atoms with Crippen molar-refractivity contribution in [1.82, 2.24) is 5.32 Å². The lowest BCUT2D eigenvalue weighted by molar-refractivity contribution is 0.583. The SMILES string of the molecule is CCCCCNCCCCCCl.Cl. The monoisotopic (exact) mass is 227 g/mol. The van der Waals surface area contributed by atoms with Gasteiger partial charge in [0.2, 0.25) is 0 Å². The molecule has 0 aromatic carbocycles. The molecular weight excluding hydrogens is 205 g/mol. The van der Waals surface area contributed by atoms with Crippen molar-refractivity contribution < 1.29 is 0 Å². The third-order valence-electron chi connectivity index (χ3n) is 1.94. The Kier molecular flexibility index (Phi) is 18.5. The largest absolute Gasteiger partial charge is 0.317 e. The summed E-state index contributed by atoms with van der Waals surface area (Å²) in [5.74, 6) is 0.815. The molecule has 0 spiro atoms. The molecule has 0 saturated carbocycles. The molecule has 0 amide bonds. The molecule has 13 heavy (non-hydrogen) atoms. The zero-order chi connectivity index (χ0) is 9.07. The van der Waals surface area contributed by atoms with Crippen LogP contribution in [0.15, 0.2) is 0 Å². The lowest BCUT2D eigenvalue weighted by atomic mass is 10.2. The molecule has 0 bridgehead atoms. The molecule has 0 aliphatic rings. The number of halogens is 2. The van der Waals surface area contributed by atoms with E-state index >= 15 is 0 Å². The number of nitrogens with one attached hydrogen (secondary N) is 1. The molecule has 0 atom stereocenters. The average molecular weight is 228 g/mol. The van der Waals surface area contributed by atoms with E-state index in [0.717, 1.165) is 12.3 Å². The Hall–Kier alpha value is 0.540. The third-order valence-corrected chi connectivity index (χ3v) is 2.21. The summed E-state index contributed by atoms with van der Waals surface area (Å²) >= 11 is 5.56.